The number of likely N-dealkylation sites (tertiary alicyclic amines) is 1. The van der Waals surface area contributed by atoms with Gasteiger partial charge >= 0.3 is 0 Å². The first-order valence-electron chi connectivity index (χ1n) is 8.84. The van der Waals surface area contributed by atoms with Crippen molar-refractivity contribution in [2.24, 2.45) is 5.92 Å². The molecule has 2 heterocycles. The predicted octanol–water partition coefficient (Wildman–Crippen LogP) is 2.80. The molecule has 0 radical (unpaired) electrons. The van der Waals surface area contributed by atoms with Crippen molar-refractivity contribution >= 4 is 0 Å². The van der Waals surface area contributed by atoms with Crippen LogP contribution in [0.15, 0.2) is 0 Å². The Morgan fingerprint density at radius 2 is 2.00 bits per heavy atom. The lowest BCUT2D eigenvalue weighted by atomic mass is 9.93. The molecule has 3 atom stereocenters. The van der Waals surface area contributed by atoms with Crippen LogP contribution in [0.2, 0.25) is 0 Å². The van der Waals surface area contributed by atoms with Gasteiger partial charge in [-0.2, -0.15) is 0 Å². The van der Waals surface area contributed by atoms with Gasteiger partial charge in [0.15, 0.2) is 0 Å². The van der Waals surface area contributed by atoms with Gasteiger partial charge in [0.2, 0.25) is 0 Å². The van der Waals surface area contributed by atoms with E-state index in [1.165, 1.54) is 64.6 Å². The van der Waals surface area contributed by atoms with Gasteiger partial charge in [-0.25, -0.2) is 0 Å². The molecule has 0 aromatic heterocycles. The van der Waals surface area contributed by atoms with E-state index in [-0.39, 0.29) is 0 Å². The summed E-state index contributed by atoms with van der Waals surface area (Å²) in [7, 11) is 0. The van der Waals surface area contributed by atoms with Gasteiger partial charge in [0.1, 0.15) is 0 Å². The Morgan fingerprint density at radius 3 is 2.70 bits per heavy atom. The molecule has 1 aliphatic carbocycles. The average Bonchev–Trinajstić information content (AvgIpc) is 3.04. The first kappa shape index (κ1) is 14.8. The van der Waals surface area contributed by atoms with Crippen LogP contribution in [0, 0.1) is 5.92 Å². The molecule has 2 aliphatic heterocycles. The fraction of sp³-hybridized carbons (Fsp3) is 1.00. The normalized spacial score (nSPS) is 37.8. The van der Waals surface area contributed by atoms with E-state index in [1.54, 1.807) is 0 Å². The van der Waals surface area contributed by atoms with Crippen molar-refractivity contribution < 1.29 is 4.74 Å². The fourth-order valence-electron chi connectivity index (χ4n) is 4.66. The summed E-state index contributed by atoms with van der Waals surface area (Å²) in [5.41, 5.74) is 0.304. The summed E-state index contributed by atoms with van der Waals surface area (Å²) in [6.45, 7) is 9.37. The maximum absolute atomic E-state index is 6.46. The number of nitrogens with zero attached hydrogens (tertiary/aromatic N) is 1. The summed E-state index contributed by atoms with van der Waals surface area (Å²) in [5.74, 6) is 0.769. The highest BCUT2D eigenvalue weighted by atomic mass is 16.5. The zero-order valence-electron chi connectivity index (χ0n) is 13.4. The van der Waals surface area contributed by atoms with Crippen LogP contribution in [-0.4, -0.2) is 48.8 Å². The van der Waals surface area contributed by atoms with Crippen LogP contribution in [0.1, 0.15) is 58.8 Å². The molecule has 1 spiro atoms. The van der Waals surface area contributed by atoms with Crippen LogP contribution < -0.4 is 5.32 Å². The molecule has 2 saturated heterocycles. The topological polar surface area (TPSA) is 24.5 Å². The number of rotatable bonds is 4. The SMILES string of the molecule is CCNC1CCN(CC2CCC3(CCCC3)O2)CC1C. The average molecular weight is 280 g/mol. The van der Waals surface area contributed by atoms with Crippen LogP contribution >= 0.6 is 0 Å². The van der Waals surface area contributed by atoms with Crippen LogP contribution in [0.5, 0.6) is 0 Å². The van der Waals surface area contributed by atoms with Crippen LogP contribution in [0.3, 0.4) is 0 Å². The number of piperidine rings is 1. The minimum absolute atomic E-state index is 0.304. The van der Waals surface area contributed by atoms with Gasteiger partial charge in [-0.15, -0.1) is 0 Å². The third kappa shape index (κ3) is 3.20. The van der Waals surface area contributed by atoms with Gasteiger partial charge < -0.3 is 15.0 Å². The Bertz CT molecular complexity index is 314. The number of hydrogen-bond donors (Lipinski definition) is 1. The Morgan fingerprint density at radius 1 is 1.20 bits per heavy atom. The fourth-order valence-corrected chi connectivity index (χ4v) is 4.66. The maximum atomic E-state index is 6.46. The molecule has 0 amide bonds. The van der Waals surface area contributed by atoms with E-state index in [2.05, 4.69) is 24.1 Å². The van der Waals surface area contributed by atoms with Crippen molar-refractivity contribution in [3.63, 3.8) is 0 Å². The molecular formula is C17H32N2O. The van der Waals surface area contributed by atoms with E-state index in [0.717, 1.165) is 18.5 Å². The lowest BCUT2D eigenvalue weighted by Crippen LogP contribution is -2.50. The second-order valence-corrected chi connectivity index (χ2v) is 7.36. The Hall–Kier alpha value is -0.120. The van der Waals surface area contributed by atoms with Crippen molar-refractivity contribution in [3.8, 4) is 0 Å². The molecule has 3 fully saturated rings. The third-order valence-electron chi connectivity index (χ3n) is 5.77. The first-order valence-corrected chi connectivity index (χ1v) is 8.84. The van der Waals surface area contributed by atoms with Crippen molar-refractivity contribution in [2.45, 2.75) is 76.5 Å². The summed E-state index contributed by atoms with van der Waals surface area (Å²) in [5, 5.41) is 3.63. The lowest BCUT2D eigenvalue weighted by Gasteiger charge is -2.38. The molecule has 116 valence electrons. The number of nitrogens with one attached hydrogen (secondary N) is 1. The van der Waals surface area contributed by atoms with E-state index in [4.69, 9.17) is 4.74 Å². The maximum Gasteiger partial charge on any atom is 0.0710 e. The van der Waals surface area contributed by atoms with Crippen molar-refractivity contribution in [1.29, 1.82) is 0 Å². The van der Waals surface area contributed by atoms with Crippen molar-refractivity contribution in [1.82, 2.24) is 10.2 Å². The zero-order valence-corrected chi connectivity index (χ0v) is 13.4. The Kier molecular flexibility index (Phi) is 4.68. The second kappa shape index (κ2) is 6.33. The van der Waals surface area contributed by atoms with Gasteiger partial charge in [0, 0.05) is 19.1 Å². The quantitative estimate of drug-likeness (QED) is 0.857. The smallest absolute Gasteiger partial charge is 0.0710 e. The van der Waals surface area contributed by atoms with E-state index in [0.29, 0.717) is 11.7 Å². The van der Waals surface area contributed by atoms with E-state index >= 15 is 0 Å². The highest BCUT2D eigenvalue weighted by Crippen LogP contribution is 2.43. The summed E-state index contributed by atoms with van der Waals surface area (Å²) in [6.07, 6.45) is 9.84. The molecule has 3 nitrogen and oxygen atoms in total. The van der Waals surface area contributed by atoms with Gasteiger partial charge in [0.05, 0.1) is 11.7 Å². The standard InChI is InChI=1S/C17H32N2O/c1-3-18-16-7-11-19(12-14(16)2)13-15-6-10-17(20-15)8-4-5-9-17/h14-16,18H,3-13H2,1-2H3. The minimum atomic E-state index is 0.304. The molecule has 0 aromatic rings. The third-order valence-corrected chi connectivity index (χ3v) is 5.77. The summed E-state index contributed by atoms with van der Waals surface area (Å²) in [4.78, 5) is 2.65. The molecule has 0 bridgehead atoms. The molecule has 3 rings (SSSR count). The van der Waals surface area contributed by atoms with Crippen molar-refractivity contribution in [2.75, 3.05) is 26.2 Å². The Balaban J connectivity index is 1.45. The predicted molar refractivity (Wildman–Crippen MR) is 83.0 cm³/mol. The lowest BCUT2D eigenvalue weighted by molar-refractivity contribution is -0.0513. The van der Waals surface area contributed by atoms with Gasteiger partial charge in [0.25, 0.3) is 0 Å². The summed E-state index contributed by atoms with van der Waals surface area (Å²) in [6, 6.07) is 0.724. The monoisotopic (exact) mass is 280 g/mol. The van der Waals surface area contributed by atoms with Gasteiger partial charge in [-0.05, 0) is 51.1 Å². The summed E-state index contributed by atoms with van der Waals surface area (Å²) < 4.78 is 6.46. The Labute approximate surface area is 124 Å². The van der Waals surface area contributed by atoms with Crippen LogP contribution in [0.4, 0.5) is 0 Å². The number of ether oxygens (including phenoxy) is 1. The second-order valence-electron chi connectivity index (χ2n) is 7.36. The largest absolute Gasteiger partial charge is 0.370 e. The van der Waals surface area contributed by atoms with Crippen LogP contribution in [0.25, 0.3) is 0 Å². The van der Waals surface area contributed by atoms with E-state index in [1.807, 2.05) is 0 Å². The van der Waals surface area contributed by atoms with Gasteiger partial charge in [-0.3, -0.25) is 0 Å². The zero-order chi connectivity index (χ0) is 14.0. The first-order chi connectivity index (χ1) is 9.71. The molecule has 1 N–H and O–H groups in total. The highest BCUT2D eigenvalue weighted by molar-refractivity contribution is 4.94. The molecule has 3 heteroatoms. The molecule has 1 saturated carbocycles. The molecule has 20 heavy (non-hydrogen) atoms. The number of hydrogen-bond acceptors (Lipinski definition) is 3. The van der Waals surface area contributed by atoms with E-state index in [9.17, 15) is 0 Å². The molecule has 0 aromatic carbocycles. The minimum Gasteiger partial charge on any atom is -0.370 e. The molecule has 3 aliphatic rings. The molecule has 3 unspecified atom stereocenters. The summed E-state index contributed by atoms with van der Waals surface area (Å²) >= 11 is 0. The molecular weight excluding hydrogens is 248 g/mol. The van der Waals surface area contributed by atoms with Crippen LogP contribution in [-0.2, 0) is 4.74 Å². The highest BCUT2D eigenvalue weighted by Gasteiger charge is 2.42. The van der Waals surface area contributed by atoms with Crippen molar-refractivity contribution in [3.05, 3.63) is 0 Å². The van der Waals surface area contributed by atoms with E-state index < -0.39 is 0 Å². The van der Waals surface area contributed by atoms with Gasteiger partial charge in [-0.1, -0.05) is 26.7 Å².